The Hall–Kier alpha value is -4.06. The summed E-state index contributed by atoms with van der Waals surface area (Å²) in [5.74, 6) is -1.00. The molecule has 4 aromatic rings. The Morgan fingerprint density at radius 1 is 0.786 bits per heavy atom. The van der Waals surface area contributed by atoms with Gasteiger partial charge in [-0.1, -0.05) is 60.7 Å². The highest BCUT2D eigenvalue weighted by Crippen LogP contribution is 2.28. The standard InChI is InChI=1S/C22H16N4O2/c23-21(27)16-11-5-6-12-17(16)24-22(28)19-15-10-4-7-13-18(15)25-26-20(19)14-8-2-1-3-9-14/h1-13H,(H2,23,27)(H,24,28). The van der Waals surface area contributed by atoms with Gasteiger partial charge in [-0.15, -0.1) is 10.2 Å². The van der Waals surface area contributed by atoms with Crippen molar-refractivity contribution in [1.29, 1.82) is 0 Å². The Morgan fingerprint density at radius 2 is 1.46 bits per heavy atom. The van der Waals surface area contributed by atoms with Gasteiger partial charge >= 0.3 is 0 Å². The van der Waals surface area contributed by atoms with Crippen LogP contribution in [0.5, 0.6) is 0 Å². The first-order valence-electron chi connectivity index (χ1n) is 8.66. The molecule has 0 aliphatic rings. The van der Waals surface area contributed by atoms with Gasteiger partial charge in [-0.05, 0) is 18.2 Å². The van der Waals surface area contributed by atoms with Crippen molar-refractivity contribution in [3.63, 3.8) is 0 Å². The molecule has 0 bridgehead atoms. The molecule has 4 rings (SSSR count). The molecule has 3 aromatic carbocycles. The normalized spacial score (nSPS) is 10.6. The Balaban J connectivity index is 1.87. The first-order valence-corrected chi connectivity index (χ1v) is 8.66. The lowest BCUT2D eigenvalue weighted by molar-refractivity contribution is 0.100. The van der Waals surface area contributed by atoms with Gasteiger partial charge in [-0.25, -0.2) is 0 Å². The maximum atomic E-state index is 13.3. The molecule has 0 aliphatic carbocycles. The summed E-state index contributed by atoms with van der Waals surface area (Å²) in [6, 6.07) is 23.3. The van der Waals surface area contributed by atoms with E-state index in [-0.39, 0.29) is 5.56 Å². The molecule has 28 heavy (non-hydrogen) atoms. The largest absolute Gasteiger partial charge is 0.366 e. The summed E-state index contributed by atoms with van der Waals surface area (Å²) in [7, 11) is 0. The average molecular weight is 368 g/mol. The number of fused-ring (bicyclic) bond motifs is 1. The molecular weight excluding hydrogens is 352 g/mol. The number of benzene rings is 3. The van der Waals surface area contributed by atoms with Gasteiger partial charge in [-0.2, -0.15) is 0 Å². The van der Waals surface area contributed by atoms with Crippen LogP contribution in [0.4, 0.5) is 5.69 Å². The highest BCUT2D eigenvalue weighted by molar-refractivity contribution is 6.17. The van der Waals surface area contributed by atoms with Crippen molar-refractivity contribution in [2.75, 3.05) is 5.32 Å². The molecule has 0 aliphatic heterocycles. The Morgan fingerprint density at radius 3 is 2.25 bits per heavy atom. The van der Waals surface area contributed by atoms with Crippen LogP contribution in [0.15, 0.2) is 78.9 Å². The number of carbonyl (C=O) groups excluding carboxylic acids is 2. The SMILES string of the molecule is NC(=O)c1ccccc1NC(=O)c1c(-c2ccccc2)nnc2ccccc12. The number of amides is 2. The highest BCUT2D eigenvalue weighted by atomic mass is 16.2. The number of nitrogens with one attached hydrogen (secondary N) is 1. The summed E-state index contributed by atoms with van der Waals surface area (Å²) in [5.41, 5.74) is 8.24. The number of primary amides is 1. The van der Waals surface area contributed by atoms with Crippen LogP contribution in [0.3, 0.4) is 0 Å². The van der Waals surface area contributed by atoms with Gasteiger partial charge in [0.1, 0.15) is 5.69 Å². The van der Waals surface area contributed by atoms with Crippen molar-refractivity contribution >= 4 is 28.4 Å². The number of anilines is 1. The van der Waals surface area contributed by atoms with E-state index in [9.17, 15) is 9.59 Å². The molecule has 3 N–H and O–H groups in total. The summed E-state index contributed by atoms with van der Waals surface area (Å²) < 4.78 is 0. The van der Waals surface area contributed by atoms with Crippen molar-refractivity contribution < 1.29 is 9.59 Å². The monoisotopic (exact) mass is 368 g/mol. The van der Waals surface area contributed by atoms with Crippen LogP contribution in [0.1, 0.15) is 20.7 Å². The van der Waals surface area contributed by atoms with Crippen molar-refractivity contribution in [3.8, 4) is 11.3 Å². The van der Waals surface area contributed by atoms with Crippen LogP contribution < -0.4 is 11.1 Å². The molecular formula is C22H16N4O2. The van der Waals surface area contributed by atoms with Gasteiger partial charge < -0.3 is 11.1 Å². The highest BCUT2D eigenvalue weighted by Gasteiger charge is 2.20. The zero-order valence-electron chi connectivity index (χ0n) is 14.8. The van der Waals surface area contributed by atoms with Crippen molar-refractivity contribution in [2.45, 2.75) is 0 Å². The fourth-order valence-electron chi connectivity index (χ4n) is 3.07. The van der Waals surface area contributed by atoms with E-state index in [4.69, 9.17) is 5.73 Å². The number of carbonyl (C=O) groups is 2. The second kappa shape index (κ2) is 7.28. The van der Waals surface area contributed by atoms with Gasteiger partial charge in [0.2, 0.25) is 0 Å². The van der Waals surface area contributed by atoms with E-state index in [1.54, 1.807) is 30.3 Å². The van der Waals surface area contributed by atoms with Gasteiger partial charge in [-0.3, -0.25) is 9.59 Å². The zero-order chi connectivity index (χ0) is 19.5. The maximum Gasteiger partial charge on any atom is 0.258 e. The van der Waals surface area contributed by atoms with E-state index in [2.05, 4.69) is 15.5 Å². The van der Waals surface area contributed by atoms with Crippen LogP contribution in [-0.2, 0) is 0 Å². The molecule has 0 atom stereocenters. The third-order valence-corrected chi connectivity index (χ3v) is 4.38. The summed E-state index contributed by atoms with van der Waals surface area (Å²) in [6.45, 7) is 0. The fourth-order valence-corrected chi connectivity index (χ4v) is 3.07. The molecule has 0 spiro atoms. The molecule has 2 amide bonds. The van der Waals surface area contributed by atoms with E-state index in [0.29, 0.717) is 27.8 Å². The Labute approximate surface area is 161 Å². The van der Waals surface area contributed by atoms with Gasteiger partial charge in [0.05, 0.1) is 22.3 Å². The molecule has 0 radical (unpaired) electrons. The third kappa shape index (κ3) is 3.19. The second-order valence-electron chi connectivity index (χ2n) is 6.17. The van der Waals surface area contributed by atoms with Gasteiger partial charge in [0, 0.05) is 10.9 Å². The van der Waals surface area contributed by atoms with E-state index in [1.165, 1.54) is 0 Å². The first kappa shape index (κ1) is 17.4. The fraction of sp³-hybridized carbons (Fsp3) is 0. The van der Waals surface area contributed by atoms with Crippen LogP contribution in [-0.4, -0.2) is 22.0 Å². The molecule has 1 aromatic heterocycles. The second-order valence-corrected chi connectivity index (χ2v) is 6.17. The molecule has 136 valence electrons. The lowest BCUT2D eigenvalue weighted by Gasteiger charge is -2.13. The molecule has 0 saturated heterocycles. The molecule has 6 heteroatoms. The van der Waals surface area contributed by atoms with Crippen LogP contribution in [0.25, 0.3) is 22.2 Å². The van der Waals surface area contributed by atoms with Crippen LogP contribution in [0.2, 0.25) is 0 Å². The summed E-state index contributed by atoms with van der Waals surface area (Å²) >= 11 is 0. The molecule has 6 nitrogen and oxygen atoms in total. The number of para-hydroxylation sites is 1. The number of rotatable bonds is 4. The number of hydrogen-bond donors (Lipinski definition) is 2. The van der Waals surface area contributed by atoms with E-state index in [1.807, 2.05) is 48.5 Å². The quantitative estimate of drug-likeness (QED) is 0.574. The summed E-state index contributed by atoms with van der Waals surface area (Å²) in [6.07, 6.45) is 0. The number of nitrogens with zero attached hydrogens (tertiary/aromatic N) is 2. The third-order valence-electron chi connectivity index (χ3n) is 4.38. The lowest BCUT2D eigenvalue weighted by atomic mass is 10.0. The average Bonchev–Trinajstić information content (AvgIpc) is 2.73. The van der Waals surface area contributed by atoms with Crippen LogP contribution in [0, 0.1) is 0 Å². The summed E-state index contributed by atoms with van der Waals surface area (Å²) in [5, 5.41) is 12.0. The minimum absolute atomic E-state index is 0.239. The van der Waals surface area contributed by atoms with Crippen molar-refractivity contribution in [1.82, 2.24) is 10.2 Å². The minimum atomic E-state index is -0.614. The number of aromatic nitrogens is 2. The molecule has 0 saturated carbocycles. The van der Waals surface area contributed by atoms with Crippen LogP contribution >= 0.6 is 0 Å². The smallest absolute Gasteiger partial charge is 0.258 e. The predicted molar refractivity (Wildman–Crippen MR) is 108 cm³/mol. The molecule has 0 unspecified atom stereocenters. The van der Waals surface area contributed by atoms with Gasteiger partial charge in [0.25, 0.3) is 11.8 Å². The van der Waals surface area contributed by atoms with Gasteiger partial charge in [0.15, 0.2) is 0 Å². The first-order chi connectivity index (χ1) is 13.6. The van der Waals surface area contributed by atoms with Crippen molar-refractivity contribution in [3.05, 3.63) is 90.0 Å². The minimum Gasteiger partial charge on any atom is -0.366 e. The van der Waals surface area contributed by atoms with E-state index in [0.717, 1.165) is 5.56 Å². The summed E-state index contributed by atoms with van der Waals surface area (Å²) in [4.78, 5) is 25.0. The van der Waals surface area contributed by atoms with E-state index < -0.39 is 11.8 Å². The Bertz CT molecular complexity index is 1190. The zero-order valence-corrected chi connectivity index (χ0v) is 14.8. The Kier molecular flexibility index (Phi) is 4.51. The van der Waals surface area contributed by atoms with Crippen molar-refractivity contribution in [2.24, 2.45) is 5.73 Å². The van der Waals surface area contributed by atoms with E-state index >= 15 is 0 Å². The topological polar surface area (TPSA) is 98.0 Å². The maximum absolute atomic E-state index is 13.3. The number of hydrogen-bond acceptors (Lipinski definition) is 4. The molecule has 1 heterocycles. The number of nitrogens with two attached hydrogens (primary N) is 1. The molecule has 0 fully saturated rings. The predicted octanol–water partition coefficient (Wildman–Crippen LogP) is 3.65. The lowest BCUT2D eigenvalue weighted by Crippen LogP contribution is -2.19.